The molecule has 0 fully saturated rings. The zero-order chi connectivity index (χ0) is 15.8. The number of nitrogens with one attached hydrogen (secondary N) is 1. The highest BCUT2D eigenvalue weighted by Gasteiger charge is 2.09. The number of benzene rings is 1. The Bertz CT molecular complexity index is 618. The van der Waals surface area contributed by atoms with Gasteiger partial charge in [-0.05, 0) is 30.5 Å². The molecule has 0 aliphatic carbocycles. The van der Waals surface area contributed by atoms with Gasteiger partial charge in [0, 0.05) is 17.2 Å². The maximum atomic E-state index is 11.9. The molecule has 0 radical (unpaired) electrons. The first-order chi connectivity index (χ1) is 10.7. The maximum absolute atomic E-state index is 11.9. The van der Waals surface area contributed by atoms with Crippen LogP contribution in [0, 0.1) is 0 Å². The van der Waals surface area contributed by atoms with E-state index >= 15 is 0 Å². The third-order valence-corrected chi connectivity index (χ3v) is 5.20. The smallest absolute Gasteiger partial charge is 0.226 e. The molecule has 1 aromatic heterocycles. The lowest BCUT2D eigenvalue weighted by Crippen LogP contribution is -2.12. The van der Waals surface area contributed by atoms with Crippen LogP contribution < -0.4 is 5.32 Å². The molecule has 1 amide bonds. The topological polar surface area (TPSA) is 54.9 Å². The number of hydrogen-bond donors (Lipinski definition) is 1. The summed E-state index contributed by atoms with van der Waals surface area (Å²) in [4.78, 5) is 11.9. The molecule has 22 heavy (non-hydrogen) atoms. The number of anilines is 1. The average Bonchev–Trinajstić information content (AvgIpc) is 2.93. The number of thioether (sulfide) groups is 1. The molecule has 0 saturated carbocycles. The van der Waals surface area contributed by atoms with Crippen LogP contribution >= 0.6 is 34.7 Å². The van der Waals surface area contributed by atoms with Crippen LogP contribution in [-0.2, 0) is 11.2 Å². The second-order valence-electron chi connectivity index (χ2n) is 4.75. The fourth-order valence-electron chi connectivity index (χ4n) is 1.75. The van der Waals surface area contributed by atoms with E-state index < -0.39 is 0 Å². The molecule has 118 valence electrons. The maximum Gasteiger partial charge on any atom is 0.226 e. The summed E-state index contributed by atoms with van der Waals surface area (Å²) in [6.45, 7) is 2.16. The molecule has 2 aromatic rings. The standard InChI is InChI=1S/C15H18ClN3OS2/c1-2-3-9-21-15-19-18-14(22-15)17-13(20)8-7-11-5-4-6-12(16)10-11/h4-6,10H,2-3,7-9H2,1H3,(H,17,18,20). The first kappa shape index (κ1) is 17.2. The number of aromatic nitrogens is 2. The predicted octanol–water partition coefficient (Wildman–Crippen LogP) is 4.66. The van der Waals surface area contributed by atoms with Gasteiger partial charge in [-0.1, -0.05) is 60.2 Å². The van der Waals surface area contributed by atoms with E-state index in [-0.39, 0.29) is 5.91 Å². The molecule has 0 saturated heterocycles. The van der Waals surface area contributed by atoms with Gasteiger partial charge in [-0.3, -0.25) is 4.79 Å². The fraction of sp³-hybridized carbons (Fsp3) is 0.400. The molecule has 4 nitrogen and oxygen atoms in total. The number of amides is 1. The van der Waals surface area contributed by atoms with Crippen LogP contribution in [0.15, 0.2) is 28.6 Å². The van der Waals surface area contributed by atoms with Crippen molar-refractivity contribution in [3.05, 3.63) is 34.9 Å². The minimum Gasteiger partial charge on any atom is -0.300 e. The summed E-state index contributed by atoms with van der Waals surface area (Å²) in [7, 11) is 0. The Hall–Kier alpha value is -1.11. The van der Waals surface area contributed by atoms with Crippen molar-refractivity contribution in [2.75, 3.05) is 11.1 Å². The second-order valence-corrected chi connectivity index (χ2v) is 7.51. The number of rotatable bonds is 8. The molecule has 7 heteroatoms. The summed E-state index contributed by atoms with van der Waals surface area (Å²) < 4.78 is 0.901. The Morgan fingerprint density at radius 1 is 1.41 bits per heavy atom. The molecule has 0 unspecified atom stereocenters. The Morgan fingerprint density at radius 3 is 3.05 bits per heavy atom. The van der Waals surface area contributed by atoms with E-state index in [1.807, 2.05) is 24.3 Å². The Kier molecular flexibility index (Phi) is 7.15. The number of unbranched alkanes of at least 4 members (excludes halogenated alkanes) is 1. The SMILES string of the molecule is CCCCSc1nnc(NC(=O)CCc2cccc(Cl)c2)s1. The van der Waals surface area contributed by atoms with Gasteiger partial charge < -0.3 is 5.32 Å². The normalized spacial score (nSPS) is 10.6. The average molecular weight is 356 g/mol. The van der Waals surface area contributed by atoms with Crippen LogP contribution in [0.25, 0.3) is 0 Å². The highest BCUT2D eigenvalue weighted by Crippen LogP contribution is 2.26. The highest BCUT2D eigenvalue weighted by atomic mass is 35.5. The van der Waals surface area contributed by atoms with Crippen LogP contribution in [0.2, 0.25) is 5.02 Å². The predicted molar refractivity (Wildman–Crippen MR) is 93.9 cm³/mol. The van der Waals surface area contributed by atoms with Gasteiger partial charge in [-0.25, -0.2) is 0 Å². The molecule has 1 N–H and O–H groups in total. The van der Waals surface area contributed by atoms with Gasteiger partial charge in [-0.15, -0.1) is 10.2 Å². The lowest BCUT2D eigenvalue weighted by molar-refractivity contribution is -0.116. The Labute approximate surface area is 143 Å². The zero-order valence-corrected chi connectivity index (χ0v) is 14.7. The van der Waals surface area contributed by atoms with E-state index in [0.29, 0.717) is 23.0 Å². The van der Waals surface area contributed by atoms with Crippen LogP contribution in [0.1, 0.15) is 31.7 Å². The number of hydrogen-bond acceptors (Lipinski definition) is 5. The van der Waals surface area contributed by atoms with Crippen LogP contribution in [0.5, 0.6) is 0 Å². The monoisotopic (exact) mass is 355 g/mol. The summed E-state index contributed by atoms with van der Waals surface area (Å²) in [6.07, 6.45) is 3.38. The van der Waals surface area contributed by atoms with Gasteiger partial charge in [0.05, 0.1) is 0 Å². The van der Waals surface area contributed by atoms with E-state index in [2.05, 4.69) is 22.4 Å². The van der Waals surface area contributed by atoms with Crippen molar-refractivity contribution in [2.24, 2.45) is 0 Å². The van der Waals surface area contributed by atoms with Crippen molar-refractivity contribution >= 4 is 45.7 Å². The van der Waals surface area contributed by atoms with Crippen molar-refractivity contribution in [1.82, 2.24) is 10.2 Å². The third-order valence-electron chi connectivity index (χ3n) is 2.91. The van der Waals surface area contributed by atoms with Gasteiger partial charge in [0.1, 0.15) is 0 Å². The second kappa shape index (κ2) is 9.12. The summed E-state index contributed by atoms with van der Waals surface area (Å²) >= 11 is 9.03. The minimum atomic E-state index is -0.0544. The molecule has 0 aliphatic rings. The Balaban J connectivity index is 1.77. The number of aryl methyl sites for hydroxylation is 1. The van der Waals surface area contributed by atoms with E-state index in [4.69, 9.17) is 11.6 Å². The molecule has 1 aromatic carbocycles. The molecule has 2 rings (SSSR count). The number of carbonyl (C=O) groups excluding carboxylic acids is 1. The van der Waals surface area contributed by atoms with Gasteiger partial charge in [0.15, 0.2) is 4.34 Å². The molecular weight excluding hydrogens is 338 g/mol. The summed E-state index contributed by atoms with van der Waals surface area (Å²) in [6, 6.07) is 7.55. The van der Waals surface area contributed by atoms with Crippen molar-refractivity contribution in [1.29, 1.82) is 0 Å². The molecule has 0 bridgehead atoms. The lowest BCUT2D eigenvalue weighted by atomic mass is 10.1. The summed E-state index contributed by atoms with van der Waals surface area (Å²) in [5.41, 5.74) is 1.05. The zero-order valence-electron chi connectivity index (χ0n) is 12.3. The number of nitrogens with zero attached hydrogens (tertiary/aromatic N) is 2. The van der Waals surface area contributed by atoms with E-state index in [1.165, 1.54) is 17.8 Å². The summed E-state index contributed by atoms with van der Waals surface area (Å²) in [5.74, 6) is 0.981. The minimum absolute atomic E-state index is 0.0544. The fourth-order valence-corrected chi connectivity index (χ4v) is 3.89. The largest absolute Gasteiger partial charge is 0.300 e. The van der Waals surface area contributed by atoms with E-state index in [9.17, 15) is 4.79 Å². The molecule has 0 spiro atoms. The van der Waals surface area contributed by atoms with Crippen molar-refractivity contribution in [2.45, 2.75) is 36.9 Å². The van der Waals surface area contributed by atoms with E-state index in [0.717, 1.165) is 22.1 Å². The van der Waals surface area contributed by atoms with E-state index in [1.54, 1.807) is 11.8 Å². The third kappa shape index (κ3) is 5.94. The quantitative estimate of drug-likeness (QED) is 0.425. The van der Waals surface area contributed by atoms with Gasteiger partial charge in [0.25, 0.3) is 0 Å². The Morgan fingerprint density at radius 2 is 2.27 bits per heavy atom. The van der Waals surface area contributed by atoms with Gasteiger partial charge >= 0.3 is 0 Å². The van der Waals surface area contributed by atoms with Crippen molar-refractivity contribution in [3.8, 4) is 0 Å². The highest BCUT2D eigenvalue weighted by molar-refractivity contribution is 8.01. The number of halogens is 1. The first-order valence-electron chi connectivity index (χ1n) is 7.18. The van der Waals surface area contributed by atoms with Crippen LogP contribution in [0.4, 0.5) is 5.13 Å². The van der Waals surface area contributed by atoms with Crippen LogP contribution in [-0.4, -0.2) is 21.9 Å². The number of carbonyl (C=O) groups is 1. The van der Waals surface area contributed by atoms with Gasteiger partial charge in [0.2, 0.25) is 11.0 Å². The molecule has 0 aliphatic heterocycles. The van der Waals surface area contributed by atoms with Crippen LogP contribution in [0.3, 0.4) is 0 Å². The van der Waals surface area contributed by atoms with Crippen molar-refractivity contribution in [3.63, 3.8) is 0 Å². The first-order valence-corrected chi connectivity index (χ1v) is 9.36. The van der Waals surface area contributed by atoms with Crippen molar-refractivity contribution < 1.29 is 4.79 Å². The molecule has 0 atom stereocenters. The summed E-state index contributed by atoms with van der Waals surface area (Å²) in [5, 5.41) is 12.1. The molecule has 1 heterocycles. The molecular formula is C15H18ClN3OS2. The van der Waals surface area contributed by atoms with Gasteiger partial charge in [-0.2, -0.15) is 0 Å². The lowest BCUT2D eigenvalue weighted by Gasteiger charge is -2.02.